The lowest BCUT2D eigenvalue weighted by molar-refractivity contribution is -0.274. The number of hydrogen-bond donors (Lipinski definition) is 1. The lowest BCUT2D eigenvalue weighted by atomic mass is 10.1. The van der Waals surface area contributed by atoms with E-state index in [0.29, 0.717) is 27.9 Å². The van der Waals surface area contributed by atoms with Crippen LogP contribution in [0, 0.1) is 0 Å². The highest BCUT2D eigenvalue weighted by atomic mass is 32.2. The molecule has 1 aliphatic rings. The zero-order valence-electron chi connectivity index (χ0n) is 21.4. The summed E-state index contributed by atoms with van der Waals surface area (Å²) in [6.45, 7) is -0.992. The molecule has 214 valence electrons. The first-order chi connectivity index (χ1) is 19.6. The van der Waals surface area contributed by atoms with Gasteiger partial charge in [-0.2, -0.15) is 13.9 Å². The van der Waals surface area contributed by atoms with Crippen LogP contribution in [0.5, 0.6) is 11.5 Å². The van der Waals surface area contributed by atoms with Crippen LogP contribution < -0.4 is 20.1 Å². The van der Waals surface area contributed by atoms with Gasteiger partial charge >= 0.3 is 13.0 Å². The van der Waals surface area contributed by atoms with Gasteiger partial charge in [-0.25, -0.2) is 9.98 Å². The number of hydrogen-bond acceptors (Lipinski definition) is 6. The minimum absolute atomic E-state index is 0.00998. The average Bonchev–Trinajstić information content (AvgIpc) is 3.29. The Labute approximate surface area is 236 Å². The Hall–Kier alpha value is -4.46. The smallest absolute Gasteiger partial charge is 0.433 e. The molecule has 1 unspecified atom stereocenters. The molecule has 0 radical (unpaired) electrons. The summed E-state index contributed by atoms with van der Waals surface area (Å²) in [6, 6.07) is 18.5. The van der Waals surface area contributed by atoms with E-state index in [0.717, 1.165) is 17.7 Å². The quantitative estimate of drug-likeness (QED) is 0.131. The molecule has 1 aliphatic heterocycles. The van der Waals surface area contributed by atoms with Crippen LogP contribution in [0.2, 0.25) is 0 Å². The minimum Gasteiger partial charge on any atom is -0.433 e. The number of amidine groups is 2. The van der Waals surface area contributed by atoms with E-state index in [9.17, 15) is 22.0 Å². The van der Waals surface area contributed by atoms with Gasteiger partial charge < -0.3 is 20.1 Å². The number of rotatable bonds is 9. The first kappa shape index (κ1) is 29.5. The number of ether oxygens (including phenoxy) is 2. The number of nitrogens with two attached hydrogens (primary N) is 1. The van der Waals surface area contributed by atoms with E-state index in [1.165, 1.54) is 36.3 Å². The minimum atomic E-state index is -4.77. The zero-order chi connectivity index (χ0) is 29.4. The van der Waals surface area contributed by atoms with Crippen molar-refractivity contribution in [3.63, 3.8) is 0 Å². The maximum atomic E-state index is 12.9. The fraction of sp³-hybridized carbons (Fsp3) is 0.185. The molecule has 3 aromatic carbocycles. The highest BCUT2D eigenvalue weighted by Gasteiger charge is 2.31. The Balaban J connectivity index is 1.39. The van der Waals surface area contributed by atoms with Gasteiger partial charge in [0.2, 0.25) is 0 Å². The van der Waals surface area contributed by atoms with E-state index in [1.807, 2.05) is 11.8 Å². The number of nitrogens with zero attached hydrogens (tertiary/aromatic N) is 5. The van der Waals surface area contributed by atoms with Crippen molar-refractivity contribution in [2.45, 2.75) is 25.9 Å². The van der Waals surface area contributed by atoms with Crippen molar-refractivity contribution in [1.82, 2.24) is 0 Å². The summed E-state index contributed by atoms with van der Waals surface area (Å²) in [5.74, 6) is 0.576. The monoisotopic (exact) mass is 590 g/mol. The van der Waals surface area contributed by atoms with Crippen molar-refractivity contribution in [3.8, 4) is 11.5 Å². The predicted octanol–water partition coefficient (Wildman–Crippen LogP) is 6.58. The van der Waals surface area contributed by atoms with E-state index >= 15 is 0 Å². The molecule has 14 heteroatoms. The van der Waals surface area contributed by atoms with Crippen LogP contribution in [0.15, 0.2) is 93.0 Å². The molecule has 4 rings (SSSR count). The maximum absolute atomic E-state index is 12.9. The van der Waals surface area contributed by atoms with Gasteiger partial charge in [0.1, 0.15) is 23.7 Å². The molecule has 41 heavy (non-hydrogen) atoms. The predicted molar refractivity (Wildman–Crippen MR) is 151 cm³/mol. The Morgan fingerprint density at radius 3 is 2.44 bits per heavy atom. The third-order valence-corrected chi connectivity index (χ3v) is 6.66. The van der Waals surface area contributed by atoms with Gasteiger partial charge in [0.05, 0.1) is 17.6 Å². The maximum Gasteiger partial charge on any atom is 0.573 e. The standard InChI is InChI=1S/C27H23F5N6O2S/c1-17-15-41-26(38(17)22-4-2-3-5-23(22)39-25(28)29)37-36-14-18-6-8-19(9-7-18)24(33)35-16-34-20-10-12-21(13-11-20)40-27(30,31)32/h2-14,16-17,25H,15H2,1H3,(H2,33,34,35)/b36-14+,37-26-. The zero-order valence-corrected chi connectivity index (χ0v) is 22.2. The van der Waals surface area contributed by atoms with E-state index in [-0.39, 0.29) is 23.4 Å². The number of anilines is 1. The molecule has 1 heterocycles. The number of halogens is 5. The molecule has 3 aromatic rings. The van der Waals surface area contributed by atoms with Crippen molar-refractivity contribution in [2.24, 2.45) is 25.9 Å². The van der Waals surface area contributed by atoms with Crippen LogP contribution >= 0.6 is 11.8 Å². The van der Waals surface area contributed by atoms with E-state index in [1.54, 1.807) is 48.7 Å². The molecule has 0 aliphatic carbocycles. The molecule has 0 bridgehead atoms. The van der Waals surface area contributed by atoms with E-state index < -0.39 is 13.0 Å². The third-order valence-electron chi connectivity index (χ3n) is 5.47. The highest BCUT2D eigenvalue weighted by Crippen LogP contribution is 2.37. The van der Waals surface area contributed by atoms with Gasteiger partial charge in [0.25, 0.3) is 0 Å². The SMILES string of the molecule is CC1CS/C(=N\N=C\c2ccc(C(N)=NC=Nc3ccc(OC(F)(F)F)cc3)cc2)N1c1ccccc1OC(F)F. The van der Waals surface area contributed by atoms with Crippen molar-refractivity contribution in [3.05, 3.63) is 83.9 Å². The van der Waals surface area contributed by atoms with Gasteiger partial charge in [0.15, 0.2) is 5.17 Å². The Bertz CT molecular complexity index is 1440. The van der Waals surface area contributed by atoms with Crippen LogP contribution in [0.25, 0.3) is 0 Å². The Kier molecular flexibility index (Phi) is 9.55. The molecule has 1 saturated heterocycles. The van der Waals surface area contributed by atoms with Crippen LogP contribution in [0.3, 0.4) is 0 Å². The van der Waals surface area contributed by atoms with Crippen molar-refractivity contribution in [2.75, 3.05) is 10.7 Å². The topological polar surface area (TPSA) is 97.2 Å². The van der Waals surface area contributed by atoms with Crippen LogP contribution in [-0.2, 0) is 0 Å². The van der Waals surface area contributed by atoms with Gasteiger partial charge in [-0.3, -0.25) is 0 Å². The number of para-hydroxylation sites is 2. The molecule has 0 saturated carbocycles. The molecule has 0 aromatic heterocycles. The van der Waals surface area contributed by atoms with Gasteiger partial charge in [0, 0.05) is 17.4 Å². The molecule has 0 spiro atoms. The van der Waals surface area contributed by atoms with Crippen molar-refractivity contribution < 1.29 is 31.4 Å². The molecule has 8 nitrogen and oxygen atoms in total. The van der Waals surface area contributed by atoms with E-state index in [2.05, 4.69) is 29.7 Å². The fourth-order valence-electron chi connectivity index (χ4n) is 3.65. The van der Waals surface area contributed by atoms with Crippen molar-refractivity contribution >= 4 is 46.7 Å². The fourth-order valence-corrected chi connectivity index (χ4v) is 4.71. The molecular formula is C27H23F5N6O2S. The largest absolute Gasteiger partial charge is 0.573 e. The van der Waals surface area contributed by atoms with E-state index in [4.69, 9.17) is 5.73 Å². The number of benzene rings is 3. The summed E-state index contributed by atoms with van der Waals surface area (Å²) >= 11 is 1.45. The first-order valence-corrected chi connectivity index (χ1v) is 13.0. The van der Waals surface area contributed by atoms with Crippen LogP contribution in [0.4, 0.5) is 33.3 Å². The summed E-state index contributed by atoms with van der Waals surface area (Å²) in [4.78, 5) is 9.91. The molecule has 1 fully saturated rings. The normalized spacial score (nSPS) is 17.3. The van der Waals surface area contributed by atoms with Gasteiger partial charge in [-0.05, 0) is 48.9 Å². The molecule has 2 N–H and O–H groups in total. The number of aliphatic imine (C=N–C) groups is 2. The summed E-state index contributed by atoms with van der Waals surface area (Å²) < 4.78 is 71.0. The second kappa shape index (κ2) is 13.3. The molecular weight excluding hydrogens is 567 g/mol. The Morgan fingerprint density at radius 2 is 1.76 bits per heavy atom. The lowest BCUT2D eigenvalue weighted by Crippen LogP contribution is -2.32. The molecule has 0 amide bonds. The summed E-state index contributed by atoms with van der Waals surface area (Å²) in [5, 5.41) is 9.01. The average molecular weight is 591 g/mol. The van der Waals surface area contributed by atoms with Gasteiger partial charge in [-0.1, -0.05) is 48.2 Å². The van der Waals surface area contributed by atoms with Crippen LogP contribution in [0.1, 0.15) is 18.1 Å². The van der Waals surface area contributed by atoms with Crippen molar-refractivity contribution in [1.29, 1.82) is 0 Å². The Morgan fingerprint density at radius 1 is 1.05 bits per heavy atom. The van der Waals surface area contributed by atoms with Gasteiger partial charge in [-0.15, -0.1) is 18.3 Å². The highest BCUT2D eigenvalue weighted by molar-refractivity contribution is 8.14. The van der Waals surface area contributed by atoms with Crippen LogP contribution in [-0.4, -0.2) is 48.3 Å². The third kappa shape index (κ3) is 8.51. The second-order valence-corrected chi connectivity index (χ2v) is 9.41. The molecule has 1 atom stereocenters. The second-order valence-electron chi connectivity index (χ2n) is 8.43. The first-order valence-electron chi connectivity index (χ1n) is 12.0. The lowest BCUT2D eigenvalue weighted by Gasteiger charge is -2.24. The summed E-state index contributed by atoms with van der Waals surface area (Å²) in [5.41, 5.74) is 8.18. The summed E-state index contributed by atoms with van der Waals surface area (Å²) in [7, 11) is 0. The summed E-state index contributed by atoms with van der Waals surface area (Å²) in [6.07, 6.45) is -2.03. The number of alkyl halides is 5. The number of thioether (sulfide) groups is 1.